The van der Waals surface area contributed by atoms with E-state index in [2.05, 4.69) is 10.1 Å². The van der Waals surface area contributed by atoms with Gasteiger partial charge in [0.25, 0.3) is 5.91 Å². The summed E-state index contributed by atoms with van der Waals surface area (Å²) in [6.45, 7) is 4.23. The molecular formula is C23H23F3N2O4. The van der Waals surface area contributed by atoms with Crippen molar-refractivity contribution in [3.63, 3.8) is 0 Å². The van der Waals surface area contributed by atoms with Gasteiger partial charge < -0.3 is 14.8 Å². The number of aromatic nitrogens is 1. The normalized spacial score (nSPS) is 11.4. The third-order valence-electron chi connectivity index (χ3n) is 4.99. The molecule has 0 aliphatic heterocycles. The highest BCUT2D eigenvalue weighted by Gasteiger charge is 2.31. The van der Waals surface area contributed by atoms with E-state index in [0.29, 0.717) is 34.5 Å². The van der Waals surface area contributed by atoms with Crippen LogP contribution in [0.15, 0.2) is 42.5 Å². The fraction of sp³-hybridized carbons (Fsp3) is 0.304. The highest BCUT2D eigenvalue weighted by Crippen LogP contribution is 2.31. The van der Waals surface area contributed by atoms with Crippen molar-refractivity contribution in [1.29, 1.82) is 0 Å². The van der Waals surface area contributed by atoms with Gasteiger partial charge in [-0.25, -0.2) is 0 Å². The van der Waals surface area contributed by atoms with Crippen molar-refractivity contribution in [3.8, 4) is 11.5 Å². The summed E-state index contributed by atoms with van der Waals surface area (Å²) in [5, 5.41) is 3.52. The standard InChI is InChI=1S/C23H23F3N2O4/c1-4-11-27-21(29)13-18-14(2)28(20-10-9-17(31-3)12-19(18)20)22(30)15-5-7-16(8-6-15)32-23(24,25)26/h5-10,12H,4,11,13H2,1-3H3,(H,27,29). The molecule has 170 valence electrons. The maximum atomic E-state index is 13.3. The number of carbonyl (C=O) groups excluding carboxylic acids is 2. The Kier molecular flexibility index (Phi) is 6.76. The molecule has 0 aliphatic carbocycles. The third-order valence-corrected chi connectivity index (χ3v) is 4.99. The lowest BCUT2D eigenvalue weighted by Crippen LogP contribution is -2.26. The fourth-order valence-electron chi connectivity index (χ4n) is 3.49. The first-order valence-electron chi connectivity index (χ1n) is 9.99. The molecule has 3 aromatic rings. The van der Waals surface area contributed by atoms with Crippen molar-refractivity contribution in [2.75, 3.05) is 13.7 Å². The number of hydrogen-bond acceptors (Lipinski definition) is 4. The van der Waals surface area contributed by atoms with Crippen LogP contribution in [0.2, 0.25) is 0 Å². The van der Waals surface area contributed by atoms with Crippen molar-refractivity contribution in [2.45, 2.75) is 33.1 Å². The van der Waals surface area contributed by atoms with Gasteiger partial charge in [0, 0.05) is 23.2 Å². The Labute approximate surface area is 182 Å². The van der Waals surface area contributed by atoms with Crippen LogP contribution in [0.1, 0.15) is 35.0 Å². The molecule has 1 amide bonds. The molecular weight excluding hydrogens is 425 g/mol. The van der Waals surface area contributed by atoms with Gasteiger partial charge in [-0.1, -0.05) is 6.92 Å². The summed E-state index contributed by atoms with van der Waals surface area (Å²) in [5.74, 6) is -0.443. The van der Waals surface area contributed by atoms with Gasteiger partial charge in [-0.3, -0.25) is 14.2 Å². The number of nitrogens with one attached hydrogen (secondary N) is 1. The minimum absolute atomic E-state index is 0.0775. The topological polar surface area (TPSA) is 69.6 Å². The number of benzene rings is 2. The molecule has 0 unspecified atom stereocenters. The number of fused-ring (bicyclic) bond motifs is 1. The van der Waals surface area contributed by atoms with Crippen LogP contribution < -0.4 is 14.8 Å². The van der Waals surface area contributed by atoms with Crippen LogP contribution in [-0.4, -0.2) is 36.4 Å². The SMILES string of the molecule is CCCNC(=O)Cc1c(C)n(C(=O)c2ccc(OC(F)(F)F)cc2)c2ccc(OC)cc12. The summed E-state index contributed by atoms with van der Waals surface area (Å²) in [5.41, 5.74) is 2.00. The van der Waals surface area contributed by atoms with Crippen molar-refractivity contribution in [2.24, 2.45) is 0 Å². The fourth-order valence-corrected chi connectivity index (χ4v) is 3.49. The highest BCUT2D eigenvalue weighted by atomic mass is 19.4. The van der Waals surface area contributed by atoms with E-state index in [-0.39, 0.29) is 17.9 Å². The van der Waals surface area contributed by atoms with Crippen LogP contribution in [0.4, 0.5) is 13.2 Å². The van der Waals surface area contributed by atoms with Gasteiger partial charge in [-0.05, 0) is 61.4 Å². The Hall–Kier alpha value is -3.49. The van der Waals surface area contributed by atoms with E-state index in [1.807, 2.05) is 6.92 Å². The summed E-state index contributed by atoms with van der Waals surface area (Å²) in [6.07, 6.45) is -3.94. The summed E-state index contributed by atoms with van der Waals surface area (Å²) >= 11 is 0. The van der Waals surface area contributed by atoms with Crippen LogP contribution in [-0.2, 0) is 11.2 Å². The van der Waals surface area contributed by atoms with Crippen molar-refractivity contribution in [1.82, 2.24) is 9.88 Å². The molecule has 32 heavy (non-hydrogen) atoms. The Bertz CT molecular complexity index is 1130. The first-order chi connectivity index (χ1) is 15.1. The van der Waals surface area contributed by atoms with E-state index in [9.17, 15) is 22.8 Å². The average molecular weight is 448 g/mol. The molecule has 6 nitrogen and oxygen atoms in total. The molecule has 0 spiro atoms. The van der Waals surface area contributed by atoms with Crippen LogP contribution >= 0.6 is 0 Å². The monoisotopic (exact) mass is 448 g/mol. The number of halogens is 3. The average Bonchev–Trinajstić information content (AvgIpc) is 3.01. The van der Waals surface area contributed by atoms with E-state index in [1.54, 1.807) is 25.1 Å². The smallest absolute Gasteiger partial charge is 0.497 e. The minimum atomic E-state index is -4.81. The van der Waals surface area contributed by atoms with E-state index >= 15 is 0 Å². The van der Waals surface area contributed by atoms with Gasteiger partial charge in [0.15, 0.2) is 0 Å². The molecule has 1 aromatic heterocycles. The second kappa shape index (κ2) is 9.33. The molecule has 1 N–H and O–H groups in total. The first kappa shape index (κ1) is 23.2. The zero-order valence-electron chi connectivity index (χ0n) is 17.9. The van der Waals surface area contributed by atoms with Gasteiger partial charge in [0.2, 0.25) is 5.91 Å². The number of methoxy groups -OCH3 is 1. The lowest BCUT2D eigenvalue weighted by atomic mass is 10.1. The van der Waals surface area contributed by atoms with Gasteiger partial charge in [-0.15, -0.1) is 13.2 Å². The van der Waals surface area contributed by atoms with Gasteiger partial charge in [0.05, 0.1) is 19.0 Å². The molecule has 2 aromatic carbocycles. The number of amides is 1. The predicted molar refractivity (Wildman–Crippen MR) is 113 cm³/mol. The molecule has 0 saturated carbocycles. The molecule has 9 heteroatoms. The first-order valence-corrected chi connectivity index (χ1v) is 9.99. The highest BCUT2D eigenvalue weighted by molar-refractivity contribution is 6.05. The number of hydrogen-bond donors (Lipinski definition) is 1. The zero-order valence-corrected chi connectivity index (χ0v) is 17.9. The van der Waals surface area contributed by atoms with E-state index in [0.717, 1.165) is 18.6 Å². The third kappa shape index (κ3) is 5.04. The van der Waals surface area contributed by atoms with Crippen LogP contribution in [0.5, 0.6) is 11.5 Å². The molecule has 0 radical (unpaired) electrons. The number of nitrogens with zero attached hydrogens (tertiary/aromatic N) is 1. The molecule has 0 aliphatic rings. The van der Waals surface area contributed by atoms with E-state index in [4.69, 9.17) is 4.74 Å². The molecule has 1 heterocycles. The van der Waals surface area contributed by atoms with Crippen molar-refractivity contribution >= 4 is 22.7 Å². The van der Waals surface area contributed by atoms with Crippen molar-refractivity contribution < 1.29 is 32.2 Å². The molecule has 0 saturated heterocycles. The Morgan fingerprint density at radius 1 is 1.06 bits per heavy atom. The largest absolute Gasteiger partial charge is 0.573 e. The molecule has 0 fully saturated rings. The Balaban J connectivity index is 2.03. The van der Waals surface area contributed by atoms with E-state index in [1.165, 1.54) is 23.8 Å². The summed E-state index contributed by atoms with van der Waals surface area (Å²) in [7, 11) is 1.52. The van der Waals surface area contributed by atoms with Gasteiger partial charge in [-0.2, -0.15) is 0 Å². The summed E-state index contributed by atoms with van der Waals surface area (Å²) < 4.78 is 47.8. The van der Waals surface area contributed by atoms with Gasteiger partial charge in [0.1, 0.15) is 11.5 Å². The minimum Gasteiger partial charge on any atom is -0.497 e. The quantitative estimate of drug-likeness (QED) is 0.573. The maximum Gasteiger partial charge on any atom is 0.573 e. The lowest BCUT2D eigenvalue weighted by Gasteiger charge is -2.11. The zero-order chi connectivity index (χ0) is 23.5. The number of alkyl halides is 3. The summed E-state index contributed by atoms with van der Waals surface area (Å²) in [4.78, 5) is 25.7. The molecule has 0 bridgehead atoms. The lowest BCUT2D eigenvalue weighted by molar-refractivity contribution is -0.274. The van der Waals surface area contributed by atoms with Gasteiger partial charge >= 0.3 is 6.36 Å². The second-order valence-corrected chi connectivity index (χ2v) is 7.19. The second-order valence-electron chi connectivity index (χ2n) is 7.19. The maximum absolute atomic E-state index is 13.3. The van der Waals surface area contributed by atoms with Crippen LogP contribution in [0.25, 0.3) is 10.9 Å². The molecule has 3 rings (SSSR count). The van der Waals surface area contributed by atoms with Crippen molar-refractivity contribution in [3.05, 3.63) is 59.3 Å². The predicted octanol–water partition coefficient (Wildman–Crippen LogP) is 4.61. The van der Waals surface area contributed by atoms with Crippen LogP contribution in [0.3, 0.4) is 0 Å². The Morgan fingerprint density at radius 3 is 2.31 bits per heavy atom. The number of ether oxygens (including phenoxy) is 2. The number of carbonyl (C=O) groups is 2. The number of rotatable bonds is 7. The summed E-state index contributed by atoms with van der Waals surface area (Å²) in [6, 6.07) is 9.89. The molecule has 0 atom stereocenters. The van der Waals surface area contributed by atoms with E-state index < -0.39 is 18.0 Å². The Morgan fingerprint density at radius 2 is 1.72 bits per heavy atom. The van der Waals surface area contributed by atoms with Crippen LogP contribution in [0, 0.1) is 6.92 Å².